The Morgan fingerprint density at radius 3 is 2.59 bits per heavy atom. The third-order valence-electron chi connectivity index (χ3n) is 3.68. The molecular formula is C15H22N2. The van der Waals surface area contributed by atoms with Gasteiger partial charge in [-0.25, -0.2) is 0 Å². The summed E-state index contributed by atoms with van der Waals surface area (Å²) in [6.45, 7) is 9.42. The minimum atomic E-state index is 0.0225. The Morgan fingerprint density at radius 1 is 1.29 bits per heavy atom. The Bertz CT molecular complexity index is 535. The minimum Gasteiger partial charge on any atom is -0.358 e. The van der Waals surface area contributed by atoms with Crippen LogP contribution < -0.4 is 5.73 Å². The van der Waals surface area contributed by atoms with E-state index in [0.29, 0.717) is 6.54 Å². The highest BCUT2D eigenvalue weighted by atomic mass is 14.7. The molecule has 0 saturated carbocycles. The van der Waals surface area contributed by atoms with Crippen molar-refractivity contribution in [3.63, 3.8) is 0 Å². The van der Waals surface area contributed by atoms with Crippen molar-refractivity contribution in [2.75, 3.05) is 6.54 Å². The van der Waals surface area contributed by atoms with Gasteiger partial charge >= 0.3 is 0 Å². The highest BCUT2D eigenvalue weighted by molar-refractivity contribution is 5.88. The van der Waals surface area contributed by atoms with Crippen LogP contribution in [0, 0.1) is 6.92 Å². The number of aryl methyl sites for hydroxylation is 2. The average molecular weight is 230 g/mol. The number of hydrogen-bond acceptors (Lipinski definition) is 1. The number of para-hydroxylation sites is 1. The van der Waals surface area contributed by atoms with Gasteiger partial charge in [-0.3, -0.25) is 0 Å². The van der Waals surface area contributed by atoms with Crippen molar-refractivity contribution in [2.45, 2.75) is 39.5 Å². The lowest BCUT2D eigenvalue weighted by Crippen LogP contribution is -2.28. The molecule has 17 heavy (non-hydrogen) atoms. The monoisotopic (exact) mass is 230 g/mol. The molecule has 3 N–H and O–H groups in total. The molecule has 0 saturated heterocycles. The molecular weight excluding hydrogens is 208 g/mol. The first-order chi connectivity index (χ1) is 8.01. The van der Waals surface area contributed by atoms with Crippen molar-refractivity contribution in [3.05, 3.63) is 35.0 Å². The van der Waals surface area contributed by atoms with E-state index in [1.807, 2.05) is 0 Å². The molecule has 0 aliphatic heterocycles. The zero-order valence-corrected chi connectivity index (χ0v) is 11.2. The summed E-state index contributed by atoms with van der Waals surface area (Å²) < 4.78 is 0. The summed E-state index contributed by atoms with van der Waals surface area (Å²) in [4.78, 5) is 3.53. The predicted molar refractivity (Wildman–Crippen MR) is 74.5 cm³/mol. The number of aromatic amines is 1. The predicted octanol–water partition coefficient (Wildman–Crippen LogP) is 3.28. The molecule has 2 heteroatoms. The van der Waals surface area contributed by atoms with Gasteiger partial charge in [0.15, 0.2) is 0 Å². The maximum atomic E-state index is 5.91. The Morgan fingerprint density at radius 2 is 2.00 bits per heavy atom. The second-order valence-corrected chi connectivity index (χ2v) is 5.41. The van der Waals surface area contributed by atoms with E-state index in [-0.39, 0.29) is 5.41 Å². The number of rotatable bonds is 3. The average Bonchev–Trinajstić information content (AvgIpc) is 2.65. The Balaban J connectivity index is 2.77. The fraction of sp³-hybridized carbons (Fsp3) is 0.467. The van der Waals surface area contributed by atoms with Crippen molar-refractivity contribution < 1.29 is 0 Å². The molecule has 2 aromatic rings. The third-order valence-corrected chi connectivity index (χ3v) is 3.68. The van der Waals surface area contributed by atoms with Crippen molar-refractivity contribution in [2.24, 2.45) is 5.73 Å². The van der Waals surface area contributed by atoms with Crippen LogP contribution >= 0.6 is 0 Å². The van der Waals surface area contributed by atoms with Gasteiger partial charge < -0.3 is 10.7 Å². The quantitative estimate of drug-likeness (QED) is 0.835. The number of benzene rings is 1. The van der Waals surface area contributed by atoms with Gasteiger partial charge in [0.1, 0.15) is 0 Å². The maximum Gasteiger partial charge on any atom is 0.0491 e. The fourth-order valence-corrected chi connectivity index (χ4v) is 2.68. The van der Waals surface area contributed by atoms with Gasteiger partial charge in [-0.15, -0.1) is 0 Å². The fourth-order valence-electron chi connectivity index (χ4n) is 2.68. The number of nitrogens with one attached hydrogen (secondary N) is 1. The van der Waals surface area contributed by atoms with Crippen LogP contribution in [0.5, 0.6) is 0 Å². The number of aromatic nitrogens is 1. The van der Waals surface area contributed by atoms with Gasteiger partial charge in [-0.2, -0.15) is 0 Å². The second kappa shape index (κ2) is 4.19. The van der Waals surface area contributed by atoms with Gasteiger partial charge in [0.2, 0.25) is 0 Å². The SMILES string of the molecule is CCc1cccc2c(C(C)(C)CN)c(C)[nH]c12. The van der Waals surface area contributed by atoms with Gasteiger partial charge in [0.25, 0.3) is 0 Å². The van der Waals surface area contributed by atoms with Crippen molar-refractivity contribution in [1.29, 1.82) is 0 Å². The molecule has 1 aromatic heterocycles. The molecule has 0 aliphatic carbocycles. The summed E-state index contributed by atoms with van der Waals surface area (Å²) in [6.07, 6.45) is 1.06. The van der Waals surface area contributed by atoms with Crippen LogP contribution in [0.4, 0.5) is 0 Å². The summed E-state index contributed by atoms with van der Waals surface area (Å²) in [5.74, 6) is 0. The molecule has 0 fully saturated rings. The van der Waals surface area contributed by atoms with Gasteiger partial charge in [0, 0.05) is 28.6 Å². The Labute approximate surface area is 103 Å². The molecule has 0 unspecified atom stereocenters. The van der Waals surface area contributed by atoms with Gasteiger partial charge in [-0.05, 0) is 24.5 Å². The summed E-state index contributed by atoms with van der Waals surface area (Å²) in [5, 5.41) is 1.33. The van der Waals surface area contributed by atoms with Gasteiger partial charge in [-0.1, -0.05) is 39.0 Å². The lowest BCUT2D eigenvalue weighted by molar-refractivity contribution is 0.540. The molecule has 1 aromatic carbocycles. The molecule has 0 bridgehead atoms. The zero-order valence-electron chi connectivity index (χ0n) is 11.2. The lowest BCUT2D eigenvalue weighted by Gasteiger charge is -2.23. The number of H-pyrrole nitrogens is 1. The first-order valence-electron chi connectivity index (χ1n) is 6.32. The highest BCUT2D eigenvalue weighted by Crippen LogP contribution is 2.34. The van der Waals surface area contributed by atoms with E-state index in [9.17, 15) is 0 Å². The number of hydrogen-bond donors (Lipinski definition) is 2. The second-order valence-electron chi connectivity index (χ2n) is 5.41. The standard InChI is InChI=1S/C15H22N2/c1-5-11-7-6-8-12-13(15(3,4)9-16)10(2)17-14(11)12/h6-8,17H,5,9,16H2,1-4H3. The largest absolute Gasteiger partial charge is 0.358 e. The summed E-state index contributed by atoms with van der Waals surface area (Å²) in [5.41, 5.74) is 11.2. The van der Waals surface area contributed by atoms with Crippen molar-refractivity contribution >= 4 is 10.9 Å². The molecule has 2 nitrogen and oxygen atoms in total. The van der Waals surface area contributed by atoms with Crippen molar-refractivity contribution in [3.8, 4) is 0 Å². The van der Waals surface area contributed by atoms with E-state index in [0.717, 1.165) is 6.42 Å². The highest BCUT2D eigenvalue weighted by Gasteiger charge is 2.25. The van der Waals surface area contributed by atoms with E-state index in [1.54, 1.807) is 0 Å². The molecule has 0 spiro atoms. The van der Waals surface area contributed by atoms with Crippen LogP contribution in [0.1, 0.15) is 37.6 Å². The van der Waals surface area contributed by atoms with Crippen LogP contribution in [-0.2, 0) is 11.8 Å². The third kappa shape index (κ3) is 1.87. The van der Waals surface area contributed by atoms with E-state index in [4.69, 9.17) is 5.73 Å². The van der Waals surface area contributed by atoms with Crippen LogP contribution in [0.3, 0.4) is 0 Å². The van der Waals surface area contributed by atoms with Gasteiger partial charge in [0.05, 0.1) is 0 Å². The maximum absolute atomic E-state index is 5.91. The summed E-state index contributed by atoms with van der Waals surface area (Å²) in [7, 11) is 0. The summed E-state index contributed by atoms with van der Waals surface area (Å²) in [6, 6.07) is 6.53. The zero-order chi connectivity index (χ0) is 12.6. The Hall–Kier alpha value is -1.28. The molecule has 1 heterocycles. The topological polar surface area (TPSA) is 41.8 Å². The normalized spacial score (nSPS) is 12.3. The van der Waals surface area contributed by atoms with Crippen LogP contribution in [-0.4, -0.2) is 11.5 Å². The minimum absolute atomic E-state index is 0.0225. The van der Waals surface area contributed by atoms with Crippen LogP contribution in [0.2, 0.25) is 0 Å². The van der Waals surface area contributed by atoms with Crippen molar-refractivity contribution in [1.82, 2.24) is 4.98 Å². The van der Waals surface area contributed by atoms with E-state index in [2.05, 4.69) is 50.9 Å². The van der Waals surface area contributed by atoms with E-state index in [1.165, 1.54) is 27.7 Å². The Kier molecular flexibility index (Phi) is 3.00. The number of nitrogens with two attached hydrogens (primary N) is 1. The summed E-state index contributed by atoms with van der Waals surface area (Å²) >= 11 is 0. The van der Waals surface area contributed by atoms with E-state index >= 15 is 0 Å². The molecule has 92 valence electrons. The first-order valence-corrected chi connectivity index (χ1v) is 6.32. The smallest absolute Gasteiger partial charge is 0.0491 e. The molecule has 0 radical (unpaired) electrons. The molecule has 0 atom stereocenters. The lowest BCUT2D eigenvalue weighted by atomic mass is 9.82. The van der Waals surface area contributed by atoms with E-state index < -0.39 is 0 Å². The molecule has 0 aliphatic rings. The first kappa shape index (κ1) is 12.2. The molecule has 2 rings (SSSR count). The molecule has 0 amide bonds. The number of fused-ring (bicyclic) bond motifs is 1. The van der Waals surface area contributed by atoms with Crippen LogP contribution in [0.15, 0.2) is 18.2 Å². The van der Waals surface area contributed by atoms with Crippen LogP contribution in [0.25, 0.3) is 10.9 Å².